The molecule has 0 aliphatic rings. The number of amides is 1. The summed E-state index contributed by atoms with van der Waals surface area (Å²) in [4.78, 5) is 12.5. The van der Waals surface area contributed by atoms with Crippen LogP contribution in [0.5, 0.6) is 0 Å². The molecule has 0 aliphatic carbocycles. The minimum absolute atomic E-state index is 0.282. The van der Waals surface area contributed by atoms with Crippen molar-refractivity contribution in [2.45, 2.75) is 22.8 Å². The van der Waals surface area contributed by atoms with Crippen LogP contribution >= 0.6 is 11.8 Å². The van der Waals surface area contributed by atoms with Gasteiger partial charge in [0.05, 0.1) is 5.69 Å². The first kappa shape index (κ1) is 22.0. The first-order chi connectivity index (χ1) is 12.8. The van der Waals surface area contributed by atoms with Crippen molar-refractivity contribution < 1.29 is 40.6 Å². The summed E-state index contributed by atoms with van der Waals surface area (Å²) >= 11 is 1.46. The normalized spacial score (nSPS) is 12.8. The van der Waals surface area contributed by atoms with E-state index in [1.165, 1.54) is 17.8 Å². The standard InChI is InChI=1S/C17H12F7NO2S/c1-28-11-5-2-9(3-6-11)10-4-7-13(12(18)8-10)25-14(26)15(27,16(19,20)21)17(22,23)24/h2-8,27H,1H3,(H,25,26). The van der Waals surface area contributed by atoms with Gasteiger partial charge in [-0.2, -0.15) is 26.3 Å². The van der Waals surface area contributed by atoms with Gasteiger partial charge in [-0.25, -0.2) is 4.39 Å². The van der Waals surface area contributed by atoms with E-state index in [1.807, 2.05) is 6.26 Å². The molecule has 0 saturated carbocycles. The number of carbonyl (C=O) groups is 1. The van der Waals surface area contributed by atoms with Crippen LogP contribution in [-0.2, 0) is 4.79 Å². The highest BCUT2D eigenvalue weighted by Gasteiger charge is 2.75. The maximum Gasteiger partial charge on any atom is 0.435 e. The SMILES string of the molecule is CSc1ccc(-c2ccc(NC(=O)C(O)(C(F)(F)F)C(F)(F)F)c(F)c2)cc1. The Labute approximate surface area is 158 Å². The molecule has 11 heteroatoms. The number of aliphatic hydroxyl groups is 1. The Bertz CT molecular complexity index is 849. The van der Waals surface area contributed by atoms with E-state index in [2.05, 4.69) is 0 Å². The number of alkyl halides is 6. The lowest BCUT2D eigenvalue weighted by Gasteiger charge is -2.30. The lowest BCUT2D eigenvalue weighted by Crippen LogP contribution is -2.64. The second kappa shape index (κ2) is 7.63. The summed E-state index contributed by atoms with van der Waals surface area (Å²) in [6.07, 6.45) is -10.9. The van der Waals surface area contributed by atoms with Crippen molar-refractivity contribution in [3.05, 3.63) is 48.3 Å². The fourth-order valence-electron chi connectivity index (χ4n) is 2.21. The first-order valence-electron chi connectivity index (χ1n) is 7.42. The number of hydrogen-bond donors (Lipinski definition) is 2. The zero-order chi connectivity index (χ0) is 21.3. The summed E-state index contributed by atoms with van der Waals surface area (Å²) < 4.78 is 90.2. The number of benzene rings is 2. The summed E-state index contributed by atoms with van der Waals surface area (Å²) in [5, 5.41) is 10.2. The smallest absolute Gasteiger partial charge is 0.366 e. The van der Waals surface area contributed by atoms with Crippen LogP contribution in [0.4, 0.5) is 36.4 Å². The maximum absolute atomic E-state index is 14.2. The van der Waals surface area contributed by atoms with Crippen LogP contribution in [0.25, 0.3) is 11.1 Å². The summed E-state index contributed by atoms with van der Waals surface area (Å²) in [5.41, 5.74) is -5.80. The monoisotopic (exact) mass is 427 g/mol. The number of thioether (sulfide) groups is 1. The van der Waals surface area contributed by atoms with Crippen LogP contribution in [0.3, 0.4) is 0 Å². The van der Waals surface area contributed by atoms with Crippen LogP contribution < -0.4 is 5.32 Å². The van der Waals surface area contributed by atoms with Gasteiger partial charge in [0.15, 0.2) is 0 Å². The van der Waals surface area contributed by atoms with Gasteiger partial charge >= 0.3 is 18.0 Å². The second-order valence-electron chi connectivity index (χ2n) is 5.58. The lowest BCUT2D eigenvalue weighted by molar-refractivity contribution is -0.348. The third kappa shape index (κ3) is 4.09. The van der Waals surface area contributed by atoms with Gasteiger partial charge < -0.3 is 10.4 Å². The average molecular weight is 427 g/mol. The van der Waals surface area contributed by atoms with Gasteiger partial charge in [-0.05, 0) is 41.6 Å². The van der Waals surface area contributed by atoms with Crippen molar-refractivity contribution in [3.8, 4) is 11.1 Å². The fourth-order valence-corrected chi connectivity index (χ4v) is 2.62. The summed E-state index contributed by atoms with van der Waals surface area (Å²) in [5.74, 6) is -4.13. The molecule has 0 bridgehead atoms. The van der Waals surface area contributed by atoms with Gasteiger partial charge in [0.1, 0.15) is 5.82 Å². The van der Waals surface area contributed by atoms with E-state index >= 15 is 0 Å². The van der Waals surface area contributed by atoms with Gasteiger partial charge in [-0.1, -0.05) is 18.2 Å². The molecule has 0 heterocycles. The zero-order valence-electron chi connectivity index (χ0n) is 14.0. The van der Waals surface area contributed by atoms with Gasteiger partial charge in [-0.15, -0.1) is 11.8 Å². The topological polar surface area (TPSA) is 49.3 Å². The molecule has 0 saturated heterocycles. The van der Waals surface area contributed by atoms with Gasteiger partial charge in [0.25, 0.3) is 5.91 Å². The highest BCUT2D eigenvalue weighted by atomic mass is 32.2. The Kier molecular flexibility index (Phi) is 6.00. The third-order valence-electron chi connectivity index (χ3n) is 3.79. The molecule has 2 aromatic carbocycles. The van der Waals surface area contributed by atoms with Crippen molar-refractivity contribution in [1.29, 1.82) is 0 Å². The number of carbonyl (C=O) groups excluding carboxylic acids is 1. The highest BCUT2D eigenvalue weighted by molar-refractivity contribution is 7.98. The first-order valence-corrected chi connectivity index (χ1v) is 8.65. The summed E-state index contributed by atoms with van der Waals surface area (Å²) in [7, 11) is 0. The van der Waals surface area contributed by atoms with E-state index in [-0.39, 0.29) is 5.56 Å². The fraction of sp³-hybridized carbons (Fsp3) is 0.235. The van der Waals surface area contributed by atoms with Crippen LogP contribution in [-0.4, -0.2) is 35.2 Å². The zero-order valence-corrected chi connectivity index (χ0v) is 14.8. The van der Waals surface area contributed by atoms with E-state index in [9.17, 15) is 35.5 Å². The van der Waals surface area contributed by atoms with E-state index in [0.29, 0.717) is 5.56 Å². The Morgan fingerprint density at radius 3 is 1.86 bits per heavy atom. The Morgan fingerprint density at radius 2 is 1.43 bits per heavy atom. The van der Waals surface area contributed by atoms with E-state index in [4.69, 9.17) is 5.11 Å². The van der Waals surface area contributed by atoms with Gasteiger partial charge in [0, 0.05) is 4.90 Å². The number of rotatable bonds is 4. The van der Waals surface area contributed by atoms with Crippen molar-refractivity contribution in [1.82, 2.24) is 0 Å². The number of halogens is 7. The van der Waals surface area contributed by atoms with Crippen molar-refractivity contribution >= 4 is 23.4 Å². The Balaban J connectivity index is 2.32. The molecule has 2 rings (SSSR count). The molecule has 0 aromatic heterocycles. The maximum atomic E-state index is 14.2. The predicted octanol–water partition coefficient (Wildman–Crippen LogP) is 5.01. The Morgan fingerprint density at radius 1 is 0.929 bits per heavy atom. The number of anilines is 1. The van der Waals surface area contributed by atoms with Crippen LogP contribution in [0.1, 0.15) is 0 Å². The molecule has 0 radical (unpaired) electrons. The minimum Gasteiger partial charge on any atom is -0.366 e. The largest absolute Gasteiger partial charge is 0.435 e. The Hall–Kier alpha value is -2.27. The van der Waals surface area contributed by atoms with Crippen LogP contribution in [0.15, 0.2) is 47.4 Å². The van der Waals surface area contributed by atoms with E-state index < -0.39 is 35.4 Å². The van der Waals surface area contributed by atoms with Crippen molar-refractivity contribution in [3.63, 3.8) is 0 Å². The van der Waals surface area contributed by atoms with Gasteiger partial charge in [-0.3, -0.25) is 4.79 Å². The summed E-state index contributed by atoms with van der Waals surface area (Å²) in [6.45, 7) is 0. The molecule has 152 valence electrons. The molecule has 28 heavy (non-hydrogen) atoms. The number of nitrogens with one attached hydrogen (secondary N) is 1. The molecule has 2 aromatic rings. The lowest BCUT2D eigenvalue weighted by atomic mass is 10.0. The molecule has 0 atom stereocenters. The molecule has 2 N–H and O–H groups in total. The molecular weight excluding hydrogens is 415 g/mol. The molecule has 0 aliphatic heterocycles. The number of hydrogen-bond acceptors (Lipinski definition) is 3. The predicted molar refractivity (Wildman–Crippen MR) is 89.3 cm³/mol. The molecule has 0 spiro atoms. The van der Waals surface area contributed by atoms with E-state index in [1.54, 1.807) is 24.3 Å². The summed E-state index contributed by atoms with van der Waals surface area (Å²) in [6, 6.07) is 9.60. The second-order valence-corrected chi connectivity index (χ2v) is 6.46. The quantitative estimate of drug-likeness (QED) is 0.533. The van der Waals surface area contributed by atoms with Crippen molar-refractivity contribution in [2.24, 2.45) is 0 Å². The van der Waals surface area contributed by atoms with Crippen molar-refractivity contribution in [2.75, 3.05) is 11.6 Å². The van der Waals surface area contributed by atoms with Gasteiger partial charge in [0.2, 0.25) is 0 Å². The average Bonchev–Trinajstić information content (AvgIpc) is 2.60. The molecule has 0 fully saturated rings. The molecule has 1 amide bonds. The molecule has 0 unspecified atom stereocenters. The van der Waals surface area contributed by atoms with Crippen LogP contribution in [0, 0.1) is 5.82 Å². The minimum atomic E-state index is -6.36. The van der Waals surface area contributed by atoms with Crippen LogP contribution in [0.2, 0.25) is 0 Å². The van der Waals surface area contributed by atoms with E-state index in [0.717, 1.165) is 22.3 Å². The molecular formula is C17H12F7NO2S. The molecule has 3 nitrogen and oxygen atoms in total. The third-order valence-corrected chi connectivity index (χ3v) is 4.53. The highest BCUT2D eigenvalue weighted by Crippen LogP contribution is 2.43.